The van der Waals surface area contributed by atoms with Crippen LogP contribution in [-0.2, 0) is 4.74 Å². The molecule has 0 aromatic heterocycles. The van der Waals surface area contributed by atoms with E-state index in [9.17, 15) is 26.7 Å². The number of nitrogens with one attached hydrogen (secondary N) is 1. The summed E-state index contributed by atoms with van der Waals surface area (Å²) >= 11 is 0. The van der Waals surface area contributed by atoms with Gasteiger partial charge in [0.15, 0.2) is 6.10 Å². The van der Waals surface area contributed by atoms with Crippen LogP contribution in [0.3, 0.4) is 0 Å². The van der Waals surface area contributed by atoms with Gasteiger partial charge in [0, 0.05) is 6.54 Å². The Morgan fingerprint density at radius 2 is 2.11 bits per heavy atom. The minimum Gasteiger partial charge on any atom is -0.438 e. The highest BCUT2D eigenvalue weighted by Crippen LogP contribution is 2.30. The Labute approximate surface area is 106 Å². The Bertz CT molecular complexity index is 334. The quantitative estimate of drug-likeness (QED) is 0.808. The molecule has 0 spiro atoms. The maximum absolute atomic E-state index is 13.4. The number of amides is 1. The number of halogens is 5. The largest absolute Gasteiger partial charge is 0.438 e. The zero-order valence-electron chi connectivity index (χ0n) is 10.4. The first-order valence-corrected chi connectivity index (χ1v) is 5.70. The van der Waals surface area contributed by atoms with Crippen LogP contribution in [0.4, 0.5) is 26.7 Å². The lowest BCUT2D eigenvalue weighted by atomic mass is 10.2. The van der Waals surface area contributed by atoms with Crippen molar-refractivity contribution in [3.8, 4) is 0 Å². The molecule has 2 atom stereocenters. The van der Waals surface area contributed by atoms with Crippen LogP contribution in [0.2, 0.25) is 0 Å². The van der Waals surface area contributed by atoms with Crippen molar-refractivity contribution in [1.29, 1.82) is 0 Å². The minimum absolute atomic E-state index is 0.197. The first kappa shape index (κ1) is 15.9. The van der Waals surface area contributed by atoms with Crippen molar-refractivity contribution in [2.24, 2.45) is 0 Å². The molecule has 0 radical (unpaired) electrons. The van der Waals surface area contributed by atoms with E-state index in [0.717, 1.165) is 0 Å². The number of likely N-dealkylation sites (tertiary alicyclic amines) is 1. The summed E-state index contributed by atoms with van der Waals surface area (Å²) in [5.41, 5.74) is 0. The summed E-state index contributed by atoms with van der Waals surface area (Å²) in [6, 6.07) is -2.16. The predicted octanol–water partition coefficient (Wildman–Crippen LogP) is 2.00. The summed E-state index contributed by atoms with van der Waals surface area (Å²) in [6.07, 6.45) is -7.87. The second-order valence-electron chi connectivity index (χ2n) is 4.39. The zero-order chi connectivity index (χ0) is 14.8. The molecular weight excluding hydrogens is 275 g/mol. The fourth-order valence-corrected chi connectivity index (χ4v) is 1.62. The molecule has 1 saturated heterocycles. The molecule has 112 valence electrons. The summed E-state index contributed by atoms with van der Waals surface area (Å²) < 4.78 is 67.7. The van der Waals surface area contributed by atoms with Gasteiger partial charge in [0.1, 0.15) is 6.04 Å². The van der Waals surface area contributed by atoms with Crippen molar-refractivity contribution < 1.29 is 31.5 Å². The van der Waals surface area contributed by atoms with E-state index in [1.54, 1.807) is 6.92 Å². The number of nitrogens with zero attached hydrogens (tertiary/aromatic N) is 1. The number of alkyl carbamates (subject to hydrolysis) is 1. The monoisotopic (exact) mass is 290 g/mol. The lowest BCUT2D eigenvalue weighted by Crippen LogP contribution is -2.46. The number of hydrogen-bond donors (Lipinski definition) is 1. The molecule has 1 heterocycles. The first-order valence-electron chi connectivity index (χ1n) is 5.70. The molecule has 0 aromatic carbocycles. The van der Waals surface area contributed by atoms with Gasteiger partial charge in [-0.25, -0.2) is 13.6 Å². The van der Waals surface area contributed by atoms with Crippen LogP contribution < -0.4 is 5.32 Å². The van der Waals surface area contributed by atoms with E-state index in [4.69, 9.17) is 0 Å². The van der Waals surface area contributed by atoms with Gasteiger partial charge < -0.3 is 10.1 Å². The molecule has 0 unspecified atom stereocenters. The SMILES string of the molecule is CCN1C[C@H](OC(=O)N[C@@H](C)C(F)(F)F)C(F)(F)C1. The Morgan fingerprint density at radius 3 is 2.53 bits per heavy atom. The highest BCUT2D eigenvalue weighted by atomic mass is 19.4. The van der Waals surface area contributed by atoms with Gasteiger partial charge in [-0.2, -0.15) is 13.2 Å². The molecule has 9 heteroatoms. The number of carbonyl (C=O) groups is 1. The summed E-state index contributed by atoms with van der Waals surface area (Å²) in [4.78, 5) is 12.5. The van der Waals surface area contributed by atoms with Crippen molar-refractivity contribution in [1.82, 2.24) is 10.2 Å². The number of ether oxygens (including phenoxy) is 1. The van der Waals surface area contributed by atoms with E-state index in [1.807, 2.05) is 0 Å². The van der Waals surface area contributed by atoms with Crippen LogP contribution >= 0.6 is 0 Å². The number of rotatable bonds is 3. The Balaban J connectivity index is 2.53. The van der Waals surface area contributed by atoms with Crippen molar-refractivity contribution in [2.45, 2.75) is 38.1 Å². The van der Waals surface area contributed by atoms with Crippen molar-refractivity contribution in [2.75, 3.05) is 19.6 Å². The fraction of sp³-hybridized carbons (Fsp3) is 0.900. The highest BCUT2D eigenvalue weighted by molar-refractivity contribution is 5.68. The lowest BCUT2D eigenvalue weighted by Gasteiger charge is -2.21. The molecule has 19 heavy (non-hydrogen) atoms. The smallest absolute Gasteiger partial charge is 0.408 e. The second kappa shape index (κ2) is 5.48. The van der Waals surface area contributed by atoms with E-state index in [2.05, 4.69) is 4.74 Å². The van der Waals surface area contributed by atoms with E-state index in [0.29, 0.717) is 13.5 Å². The van der Waals surface area contributed by atoms with Gasteiger partial charge in [0.2, 0.25) is 0 Å². The molecule has 1 rings (SSSR count). The molecule has 0 aromatic rings. The van der Waals surface area contributed by atoms with E-state index < -0.39 is 36.9 Å². The molecule has 0 aliphatic carbocycles. The number of likely N-dealkylation sites (N-methyl/N-ethyl adjacent to an activating group) is 1. The van der Waals surface area contributed by atoms with Crippen LogP contribution in [0.25, 0.3) is 0 Å². The van der Waals surface area contributed by atoms with Gasteiger partial charge in [-0.1, -0.05) is 6.92 Å². The maximum Gasteiger partial charge on any atom is 0.408 e. The van der Waals surface area contributed by atoms with Crippen molar-refractivity contribution in [3.63, 3.8) is 0 Å². The molecular formula is C10H15F5N2O2. The Morgan fingerprint density at radius 1 is 1.53 bits per heavy atom. The van der Waals surface area contributed by atoms with Gasteiger partial charge in [-0.15, -0.1) is 0 Å². The maximum atomic E-state index is 13.4. The summed E-state index contributed by atoms with van der Waals surface area (Å²) in [6.45, 7) is 1.93. The Kier molecular flexibility index (Phi) is 4.59. The molecule has 1 aliphatic heterocycles. The number of alkyl halides is 5. The predicted molar refractivity (Wildman–Crippen MR) is 56.0 cm³/mol. The van der Waals surface area contributed by atoms with Crippen LogP contribution in [0.15, 0.2) is 0 Å². The molecule has 1 aliphatic rings. The Hall–Kier alpha value is -1.12. The van der Waals surface area contributed by atoms with Crippen LogP contribution in [-0.4, -0.2) is 54.9 Å². The van der Waals surface area contributed by atoms with Gasteiger partial charge in [-0.05, 0) is 13.5 Å². The minimum atomic E-state index is -4.65. The van der Waals surface area contributed by atoms with Crippen molar-refractivity contribution >= 4 is 6.09 Å². The first-order chi connectivity index (χ1) is 8.56. The third-order valence-corrected chi connectivity index (χ3v) is 2.85. The summed E-state index contributed by atoms with van der Waals surface area (Å²) in [5.74, 6) is -3.26. The van der Waals surface area contributed by atoms with Gasteiger partial charge in [0.25, 0.3) is 5.92 Å². The van der Waals surface area contributed by atoms with Crippen LogP contribution in [0.5, 0.6) is 0 Å². The molecule has 1 fully saturated rings. The summed E-state index contributed by atoms with van der Waals surface area (Å²) in [5, 5.41) is 1.48. The van der Waals surface area contributed by atoms with Crippen molar-refractivity contribution in [3.05, 3.63) is 0 Å². The van der Waals surface area contributed by atoms with E-state index in [-0.39, 0.29) is 6.54 Å². The standard InChI is InChI=1S/C10H15F5N2O2/c1-3-17-4-7(9(11,12)5-17)19-8(18)16-6(2)10(13,14)15/h6-7H,3-5H2,1-2H3,(H,16,18)/t6-,7-/m0/s1. The van der Waals surface area contributed by atoms with Gasteiger partial charge >= 0.3 is 12.3 Å². The average Bonchev–Trinajstić information content (AvgIpc) is 2.52. The molecule has 0 bridgehead atoms. The van der Waals surface area contributed by atoms with Gasteiger partial charge in [-0.3, -0.25) is 4.90 Å². The highest BCUT2D eigenvalue weighted by Gasteiger charge is 2.50. The zero-order valence-corrected chi connectivity index (χ0v) is 10.4. The van der Waals surface area contributed by atoms with Gasteiger partial charge in [0.05, 0.1) is 6.54 Å². The second-order valence-corrected chi connectivity index (χ2v) is 4.39. The van der Waals surface area contributed by atoms with Crippen LogP contribution in [0, 0.1) is 0 Å². The molecule has 0 saturated carbocycles. The molecule has 1 N–H and O–H groups in total. The normalized spacial score (nSPS) is 25.1. The van der Waals surface area contributed by atoms with E-state index >= 15 is 0 Å². The molecule has 1 amide bonds. The van der Waals surface area contributed by atoms with E-state index in [1.165, 1.54) is 10.2 Å². The fourth-order valence-electron chi connectivity index (χ4n) is 1.62. The lowest BCUT2D eigenvalue weighted by molar-refractivity contribution is -0.151. The third-order valence-electron chi connectivity index (χ3n) is 2.85. The average molecular weight is 290 g/mol. The number of carbonyl (C=O) groups excluding carboxylic acids is 1. The third kappa shape index (κ3) is 4.19. The topological polar surface area (TPSA) is 41.6 Å². The number of hydrogen-bond acceptors (Lipinski definition) is 3. The van der Waals surface area contributed by atoms with Crippen LogP contribution in [0.1, 0.15) is 13.8 Å². The summed E-state index contributed by atoms with van der Waals surface area (Å²) in [7, 11) is 0. The molecule has 4 nitrogen and oxygen atoms in total.